The molecule has 0 radical (unpaired) electrons. The van der Waals surface area contributed by atoms with Gasteiger partial charge in [-0.25, -0.2) is 14.0 Å². The van der Waals surface area contributed by atoms with Gasteiger partial charge in [-0.1, -0.05) is 0 Å². The molecule has 23 heavy (non-hydrogen) atoms. The normalized spacial score (nSPS) is 11.0. The SMILES string of the molecule is O=c1ccc(-c2c(-c3ccc(F)cc3)nn3ccncc23)n[nH]1. The van der Waals surface area contributed by atoms with Crippen LogP contribution in [0.4, 0.5) is 4.39 Å². The molecule has 0 saturated heterocycles. The lowest BCUT2D eigenvalue weighted by molar-refractivity contribution is 0.628. The third kappa shape index (κ3) is 2.28. The van der Waals surface area contributed by atoms with Crippen LogP contribution in [0.3, 0.4) is 0 Å². The summed E-state index contributed by atoms with van der Waals surface area (Å²) >= 11 is 0. The minimum absolute atomic E-state index is 0.285. The summed E-state index contributed by atoms with van der Waals surface area (Å²) in [7, 11) is 0. The van der Waals surface area contributed by atoms with Gasteiger partial charge in [0.25, 0.3) is 5.56 Å². The number of aromatic nitrogens is 5. The molecular weight excluding hydrogens is 297 g/mol. The lowest BCUT2D eigenvalue weighted by Crippen LogP contribution is -2.05. The molecule has 1 N–H and O–H groups in total. The Morgan fingerprint density at radius 3 is 2.65 bits per heavy atom. The maximum atomic E-state index is 13.2. The molecule has 0 fully saturated rings. The Kier molecular flexibility index (Phi) is 2.97. The largest absolute Gasteiger partial charge is 0.268 e. The number of hydrogen-bond donors (Lipinski definition) is 1. The Balaban J connectivity index is 2.03. The second kappa shape index (κ2) is 5.13. The highest BCUT2D eigenvalue weighted by molar-refractivity contribution is 5.90. The average molecular weight is 307 g/mol. The van der Waals surface area contributed by atoms with Crippen molar-refractivity contribution >= 4 is 5.52 Å². The number of nitrogens with zero attached hydrogens (tertiary/aromatic N) is 4. The van der Waals surface area contributed by atoms with Crippen LogP contribution < -0.4 is 5.56 Å². The van der Waals surface area contributed by atoms with Gasteiger partial charge in [0, 0.05) is 24.0 Å². The molecular formula is C16H10FN5O. The molecule has 0 atom stereocenters. The van der Waals surface area contributed by atoms with E-state index in [1.165, 1.54) is 18.2 Å². The molecule has 3 heterocycles. The molecule has 0 spiro atoms. The number of rotatable bonds is 2. The van der Waals surface area contributed by atoms with Crippen molar-refractivity contribution in [2.45, 2.75) is 0 Å². The highest BCUT2D eigenvalue weighted by atomic mass is 19.1. The molecule has 0 bridgehead atoms. The number of halogens is 1. The zero-order valence-electron chi connectivity index (χ0n) is 11.8. The van der Waals surface area contributed by atoms with Crippen molar-refractivity contribution in [2.75, 3.05) is 0 Å². The van der Waals surface area contributed by atoms with Crippen molar-refractivity contribution in [3.63, 3.8) is 0 Å². The van der Waals surface area contributed by atoms with E-state index in [-0.39, 0.29) is 11.4 Å². The van der Waals surface area contributed by atoms with Crippen LogP contribution in [-0.4, -0.2) is 24.8 Å². The Morgan fingerprint density at radius 1 is 1.09 bits per heavy atom. The van der Waals surface area contributed by atoms with Crippen LogP contribution in [0, 0.1) is 5.82 Å². The summed E-state index contributed by atoms with van der Waals surface area (Å²) in [5.41, 5.74) is 3.13. The van der Waals surface area contributed by atoms with E-state index in [1.54, 1.807) is 41.3 Å². The van der Waals surface area contributed by atoms with Gasteiger partial charge in [-0.3, -0.25) is 9.78 Å². The second-order valence-electron chi connectivity index (χ2n) is 4.94. The van der Waals surface area contributed by atoms with Crippen LogP contribution in [0.1, 0.15) is 0 Å². The smallest absolute Gasteiger partial charge is 0.264 e. The first-order valence-electron chi connectivity index (χ1n) is 6.87. The molecule has 4 rings (SSSR count). The van der Waals surface area contributed by atoms with Crippen molar-refractivity contribution < 1.29 is 4.39 Å². The fourth-order valence-electron chi connectivity index (χ4n) is 2.45. The van der Waals surface area contributed by atoms with E-state index in [0.717, 1.165) is 16.6 Å². The van der Waals surface area contributed by atoms with Gasteiger partial charge < -0.3 is 0 Å². The van der Waals surface area contributed by atoms with E-state index in [4.69, 9.17) is 0 Å². The molecule has 0 aliphatic carbocycles. The van der Waals surface area contributed by atoms with Gasteiger partial charge in [0.1, 0.15) is 11.5 Å². The van der Waals surface area contributed by atoms with E-state index in [2.05, 4.69) is 20.3 Å². The summed E-state index contributed by atoms with van der Waals surface area (Å²) in [6.45, 7) is 0. The summed E-state index contributed by atoms with van der Waals surface area (Å²) < 4.78 is 14.9. The maximum Gasteiger partial charge on any atom is 0.264 e. The first kappa shape index (κ1) is 13.3. The summed E-state index contributed by atoms with van der Waals surface area (Å²) in [4.78, 5) is 15.4. The Hall–Kier alpha value is -3.35. The predicted molar refractivity (Wildman–Crippen MR) is 82.2 cm³/mol. The number of fused-ring (bicyclic) bond motifs is 1. The highest BCUT2D eigenvalue weighted by Crippen LogP contribution is 2.33. The summed E-state index contributed by atoms with van der Waals surface area (Å²) in [5.74, 6) is -0.317. The average Bonchev–Trinajstić information content (AvgIpc) is 2.96. The van der Waals surface area contributed by atoms with Crippen molar-refractivity contribution in [1.82, 2.24) is 24.8 Å². The molecule has 6 nitrogen and oxygen atoms in total. The number of H-pyrrole nitrogens is 1. The Labute approximate surface area is 129 Å². The van der Waals surface area contributed by atoms with Crippen molar-refractivity contribution in [2.24, 2.45) is 0 Å². The molecule has 0 aliphatic rings. The van der Waals surface area contributed by atoms with Crippen LogP contribution in [0.25, 0.3) is 28.0 Å². The van der Waals surface area contributed by atoms with Gasteiger partial charge >= 0.3 is 0 Å². The zero-order chi connectivity index (χ0) is 15.8. The van der Waals surface area contributed by atoms with Gasteiger partial charge in [-0.05, 0) is 30.3 Å². The maximum absolute atomic E-state index is 13.2. The summed E-state index contributed by atoms with van der Waals surface area (Å²) in [5, 5.41) is 11.0. The van der Waals surface area contributed by atoms with Gasteiger partial charge in [-0.15, -0.1) is 0 Å². The van der Waals surface area contributed by atoms with Gasteiger partial charge in [-0.2, -0.15) is 10.2 Å². The Bertz CT molecular complexity index is 1030. The van der Waals surface area contributed by atoms with Crippen LogP contribution >= 0.6 is 0 Å². The van der Waals surface area contributed by atoms with Crippen molar-refractivity contribution in [3.8, 4) is 22.5 Å². The quantitative estimate of drug-likeness (QED) is 0.616. The highest BCUT2D eigenvalue weighted by Gasteiger charge is 2.17. The third-order valence-electron chi connectivity index (χ3n) is 3.49. The molecule has 3 aromatic heterocycles. The molecule has 4 aromatic rings. The van der Waals surface area contributed by atoms with Gasteiger partial charge in [0.15, 0.2) is 0 Å². The van der Waals surface area contributed by atoms with Crippen LogP contribution in [0.2, 0.25) is 0 Å². The minimum atomic E-state index is -0.317. The standard InChI is InChI=1S/C16H10FN5O/c17-11-3-1-10(2-4-11)16-15(12-5-6-14(23)20-19-12)13-9-18-7-8-22(13)21-16/h1-9H,(H,20,23). The van der Waals surface area contributed by atoms with Crippen molar-refractivity contribution in [3.05, 3.63) is 71.2 Å². The van der Waals surface area contributed by atoms with E-state index in [0.29, 0.717) is 11.4 Å². The lowest BCUT2D eigenvalue weighted by Gasteiger charge is -2.02. The predicted octanol–water partition coefficient (Wildman–Crippen LogP) is 2.29. The van der Waals surface area contributed by atoms with Gasteiger partial charge in [0.2, 0.25) is 0 Å². The van der Waals surface area contributed by atoms with Gasteiger partial charge in [0.05, 0.1) is 23.0 Å². The molecule has 112 valence electrons. The molecule has 0 unspecified atom stereocenters. The Morgan fingerprint density at radius 2 is 1.91 bits per heavy atom. The monoisotopic (exact) mass is 307 g/mol. The molecule has 7 heteroatoms. The van der Waals surface area contributed by atoms with E-state index in [9.17, 15) is 9.18 Å². The fourth-order valence-corrected chi connectivity index (χ4v) is 2.45. The number of benzene rings is 1. The lowest BCUT2D eigenvalue weighted by atomic mass is 10.0. The van der Waals surface area contributed by atoms with E-state index >= 15 is 0 Å². The third-order valence-corrected chi connectivity index (χ3v) is 3.49. The van der Waals surface area contributed by atoms with E-state index in [1.807, 2.05) is 0 Å². The second-order valence-corrected chi connectivity index (χ2v) is 4.94. The number of nitrogens with one attached hydrogen (secondary N) is 1. The number of aromatic amines is 1. The van der Waals surface area contributed by atoms with Crippen LogP contribution in [0.5, 0.6) is 0 Å². The van der Waals surface area contributed by atoms with Crippen LogP contribution in [0.15, 0.2) is 59.8 Å². The minimum Gasteiger partial charge on any atom is -0.268 e. The molecule has 0 saturated carbocycles. The summed E-state index contributed by atoms with van der Waals surface area (Å²) in [6, 6.07) is 9.08. The van der Waals surface area contributed by atoms with E-state index < -0.39 is 0 Å². The first-order valence-corrected chi connectivity index (χ1v) is 6.87. The molecule has 0 aliphatic heterocycles. The van der Waals surface area contributed by atoms with Crippen LogP contribution in [-0.2, 0) is 0 Å². The zero-order valence-corrected chi connectivity index (χ0v) is 11.8. The first-order chi connectivity index (χ1) is 11.2. The summed E-state index contributed by atoms with van der Waals surface area (Å²) in [6.07, 6.45) is 5.01. The molecule has 0 amide bonds. The topological polar surface area (TPSA) is 75.9 Å². The molecule has 1 aromatic carbocycles. The fraction of sp³-hybridized carbons (Fsp3) is 0. The number of hydrogen-bond acceptors (Lipinski definition) is 4. The van der Waals surface area contributed by atoms with Crippen molar-refractivity contribution in [1.29, 1.82) is 0 Å².